The number of aryl methyl sites for hydroxylation is 3. The van der Waals surface area contributed by atoms with Gasteiger partial charge < -0.3 is 10.2 Å². The summed E-state index contributed by atoms with van der Waals surface area (Å²) in [6, 6.07) is 27.7. The Morgan fingerprint density at radius 3 is 2.09 bits per heavy atom. The molecule has 1 N–H and O–H groups in total. The van der Waals surface area contributed by atoms with Crippen LogP contribution in [0, 0.1) is 20.8 Å². The zero-order valence-corrected chi connectivity index (χ0v) is 28.4. The van der Waals surface area contributed by atoms with E-state index < -0.39 is 28.5 Å². The highest BCUT2D eigenvalue weighted by Gasteiger charge is 2.35. The standard InChI is InChI=1S/C37H42ClN3O4S/c1-5-6-20-39-37(43)35(24-30-12-8-7-9-13-30)40(25-31-14-10-11-15-34(31)38)36(42)26-41(32-22-28(3)21-29(4)23-32)46(44,45)33-18-16-27(2)17-19-33/h7-19,21-23,35H,5-6,20,24-26H2,1-4H3,(H,39,43). The second kappa shape index (κ2) is 15.9. The molecule has 0 radical (unpaired) electrons. The molecule has 0 saturated carbocycles. The molecule has 1 atom stereocenters. The van der Waals surface area contributed by atoms with Gasteiger partial charge in [-0.2, -0.15) is 0 Å². The van der Waals surface area contributed by atoms with E-state index in [4.69, 9.17) is 11.6 Å². The molecule has 0 saturated heterocycles. The number of benzene rings is 4. The number of hydrogen-bond acceptors (Lipinski definition) is 4. The van der Waals surface area contributed by atoms with Crippen LogP contribution in [0.5, 0.6) is 0 Å². The van der Waals surface area contributed by atoms with E-state index in [1.807, 2.05) is 76.2 Å². The maximum atomic E-state index is 14.6. The van der Waals surface area contributed by atoms with Crippen LogP contribution < -0.4 is 9.62 Å². The molecule has 2 amide bonds. The summed E-state index contributed by atoms with van der Waals surface area (Å²) in [7, 11) is -4.18. The number of anilines is 1. The number of nitrogens with one attached hydrogen (secondary N) is 1. The average Bonchev–Trinajstić information content (AvgIpc) is 3.02. The van der Waals surface area contributed by atoms with Gasteiger partial charge in [-0.3, -0.25) is 13.9 Å². The number of halogens is 1. The molecule has 9 heteroatoms. The second-order valence-electron chi connectivity index (χ2n) is 11.6. The minimum Gasteiger partial charge on any atom is -0.354 e. The van der Waals surface area contributed by atoms with E-state index in [9.17, 15) is 18.0 Å². The van der Waals surface area contributed by atoms with Gasteiger partial charge in [-0.05, 0) is 79.8 Å². The summed E-state index contributed by atoms with van der Waals surface area (Å²) in [6.07, 6.45) is 1.93. The van der Waals surface area contributed by atoms with E-state index in [0.29, 0.717) is 22.8 Å². The highest BCUT2D eigenvalue weighted by atomic mass is 35.5. The first kappa shape index (κ1) is 34.7. The Morgan fingerprint density at radius 1 is 0.826 bits per heavy atom. The van der Waals surface area contributed by atoms with Crippen molar-refractivity contribution in [2.75, 3.05) is 17.4 Å². The lowest BCUT2D eigenvalue weighted by Crippen LogP contribution is -2.53. The molecule has 0 aromatic heterocycles. The quantitative estimate of drug-likeness (QED) is 0.148. The van der Waals surface area contributed by atoms with Gasteiger partial charge >= 0.3 is 0 Å². The summed E-state index contributed by atoms with van der Waals surface area (Å²) < 4.78 is 29.7. The number of sulfonamides is 1. The van der Waals surface area contributed by atoms with Crippen LogP contribution in [0.4, 0.5) is 5.69 Å². The van der Waals surface area contributed by atoms with E-state index in [-0.39, 0.29) is 23.8 Å². The summed E-state index contributed by atoms with van der Waals surface area (Å²) in [6.45, 7) is 7.65. The van der Waals surface area contributed by atoms with Crippen LogP contribution >= 0.6 is 11.6 Å². The van der Waals surface area contributed by atoms with Gasteiger partial charge in [0, 0.05) is 24.5 Å². The number of hydrogen-bond donors (Lipinski definition) is 1. The van der Waals surface area contributed by atoms with Crippen molar-refractivity contribution in [1.82, 2.24) is 10.2 Å². The highest BCUT2D eigenvalue weighted by molar-refractivity contribution is 7.92. The monoisotopic (exact) mass is 659 g/mol. The lowest BCUT2D eigenvalue weighted by molar-refractivity contribution is -0.140. The summed E-state index contributed by atoms with van der Waals surface area (Å²) in [5, 5.41) is 3.45. The van der Waals surface area contributed by atoms with E-state index in [0.717, 1.165) is 39.4 Å². The number of nitrogens with zero attached hydrogens (tertiary/aromatic N) is 2. The van der Waals surface area contributed by atoms with Crippen molar-refractivity contribution in [3.05, 3.63) is 130 Å². The van der Waals surface area contributed by atoms with Crippen LogP contribution in [0.2, 0.25) is 5.02 Å². The molecule has 4 aromatic rings. The number of unbranched alkanes of at least 4 members (excludes halogenated alkanes) is 1. The largest absolute Gasteiger partial charge is 0.354 e. The minimum absolute atomic E-state index is 0.0163. The molecular weight excluding hydrogens is 618 g/mol. The molecule has 0 bridgehead atoms. The Kier molecular flexibility index (Phi) is 12.0. The van der Waals surface area contributed by atoms with Gasteiger partial charge in [-0.1, -0.05) is 97.2 Å². The van der Waals surface area contributed by atoms with Crippen molar-refractivity contribution in [3.8, 4) is 0 Å². The first-order chi connectivity index (χ1) is 22.0. The van der Waals surface area contributed by atoms with Crippen molar-refractivity contribution in [2.45, 2.75) is 64.4 Å². The smallest absolute Gasteiger partial charge is 0.264 e. The maximum absolute atomic E-state index is 14.6. The van der Waals surface area contributed by atoms with Crippen LogP contribution in [-0.2, 0) is 32.6 Å². The molecule has 46 heavy (non-hydrogen) atoms. The van der Waals surface area contributed by atoms with Gasteiger partial charge in [-0.25, -0.2) is 8.42 Å². The van der Waals surface area contributed by atoms with Crippen LogP contribution in [0.25, 0.3) is 0 Å². The molecule has 242 valence electrons. The third kappa shape index (κ3) is 8.98. The molecule has 0 heterocycles. The van der Waals surface area contributed by atoms with E-state index in [1.54, 1.807) is 48.5 Å². The molecule has 0 aliphatic carbocycles. The predicted molar refractivity (Wildman–Crippen MR) is 185 cm³/mol. The molecule has 0 spiro atoms. The lowest BCUT2D eigenvalue weighted by Gasteiger charge is -2.34. The molecule has 4 aromatic carbocycles. The SMILES string of the molecule is CCCCNC(=O)C(Cc1ccccc1)N(Cc1ccccc1Cl)C(=O)CN(c1cc(C)cc(C)c1)S(=O)(=O)c1ccc(C)cc1. The lowest BCUT2D eigenvalue weighted by atomic mass is 10.0. The van der Waals surface area contributed by atoms with Gasteiger partial charge in [0.15, 0.2) is 0 Å². The van der Waals surface area contributed by atoms with E-state index in [1.165, 1.54) is 4.90 Å². The van der Waals surface area contributed by atoms with Gasteiger partial charge in [0.25, 0.3) is 10.0 Å². The summed E-state index contributed by atoms with van der Waals surface area (Å²) in [5.41, 5.74) is 4.52. The number of carbonyl (C=O) groups is 2. The van der Waals surface area contributed by atoms with Crippen molar-refractivity contribution < 1.29 is 18.0 Å². The maximum Gasteiger partial charge on any atom is 0.264 e. The highest BCUT2D eigenvalue weighted by Crippen LogP contribution is 2.28. The summed E-state index contributed by atoms with van der Waals surface area (Å²) >= 11 is 6.58. The zero-order valence-electron chi connectivity index (χ0n) is 26.9. The first-order valence-electron chi connectivity index (χ1n) is 15.5. The molecule has 7 nitrogen and oxygen atoms in total. The van der Waals surface area contributed by atoms with Crippen molar-refractivity contribution >= 4 is 39.1 Å². The first-order valence-corrected chi connectivity index (χ1v) is 17.3. The van der Waals surface area contributed by atoms with Crippen molar-refractivity contribution in [2.24, 2.45) is 0 Å². The average molecular weight is 660 g/mol. The molecule has 4 rings (SSSR count). The molecule has 0 fully saturated rings. The van der Waals surface area contributed by atoms with Gasteiger partial charge in [0.1, 0.15) is 12.6 Å². The topological polar surface area (TPSA) is 86.8 Å². The molecule has 1 unspecified atom stereocenters. The van der Waals surface area contributed by atoms with Crippen LogP contribution in [0.1, 0.15) is 47.6 Å². The number of carbonyl (C=O) groups excluding carboxylic acids is 2. The zero-order chi connectivity index (χ0) is 33.3. The fourth-order valence-electron chi connectivity index (χ4n) is 5.33. The Labute approximate surface area is 278 Å². The summed E-state index contributed by atoms with van der Waals surface area (Å²) in [4.78, 5) is 30.0. The normalized spacial score (nSPS) is 11.9. The van der Waals surface area contributed by atoms with E-state index in [2.05, 4.69) is 5.32 Å². The Balaban J connectivity index is 1.82. The van der Waals surface area contributed by atoms with Crippen molar-refractivity contribution in [1.29, 1.82) is 0 Å². The van der Waals surface area contributed by atoms with Gasteiger partial charge in [0.05, 0.1) is 10.6 Å². The Morgan fingerprint density at radius 2 is 1.46 bits per heavy atom. The van der Waals surface area contributed by atoms with Crippen LogP contribution in [0.3, 0.4) is 0 Å². The Hall–Kier alpha value is -4.14. The molecule has 0 aliphatic rings. The Bertz CT molecular complexity index is 1720. The van der Waals surface area contributed by atoms with Gasteiger partial charge in [-0.15, -0.1) is 0 Å². The number of rotatable bonds is 14. The fraction of sp³-hybridized carbons (Fsp3) is 0.297. The van der Waals surface area contributed by atoms with Gasteiger partial charge in [0.2, 0.25) is 11.8 Å². The third-order valence-electron chi connectivity index (χ3n) is 7.78. The van der Waals surface area contributed by atoms with E-state index >= 15 is 0 Å². The number of amides is 2. The predicted octanol–water partition coefficient (Wildman–Crippen LogP) is 7.02. The van der Waals surface area contributed by atoms with Crippen LogP contribution in [0.15, 0.2) is 102 Å². The molecule has 0 aliphatic heterocycles. The third-order valence-corrected chi connectivity index (χ3v) is 9.94. The summed E-state index contributed by atoms with van der Waals surface area (Å²) in [5.74, 6) is -0.835. The fourth-order valence-corrected chi connectivity index (χ4v) is 6.92. The molecular formula is C37H42ClN3O4S. The minimum atomic E-state index is -4.18. The van der Waals surface area contributed by atoms with Crippen molar-refractivity contribution in [3.63, 3.8) is 0 Å². The van der Waals surface area contributed by atoms with Crippen LogP contribution in [-0.4, -0.2) is 44.3 Å². The second-order valence-corrected chi connectivity index (χ2v) is 13.9.